The lowest BCUT2D eigenvalue weighted by molar-refractivity contribution is 0.0382. The molecule has 1 fully saturated rings. The number of hydrogen-bond donors (Lipinski definition) is 1. The van der Waals surface area contributed by atoms with Crippen LogP contribution in [0.3, 0.4) is 0 Å². The zero-order chi connectivity index (χ0) is 23.3. The second-order valence-corrected chi connectivity index (χ2v) is 10.3. The molecule has 10 heteroatoms. The van der Waals surface area contributed by atoms with Gasteiger partial charge in [0.1, 0.15) is 6.61 Å². The molecule has 0 aromatic heterocycles. The van der Waals surface area contributed by atoms with E-state index in [2.05, 4.69) is 10.2 Å². The Morgan fingerprint density at radius 3 is 2.61 bits per heavy atom. The maximum Gasteiger partial charge on any atom is 0.407 e. The first-order valence-electron chi connectivity index (χ1n) is 11.0. The van der Waals surface area contributed by atoms with Gasteiger partial charge in [0.05, 0.1) is 29.8 Å². The van der Waals surface area contributed by atoms with Crippen LogP contribution in [0.2, 0.25) is 5.02 Å². The molecule has 1 N–H and O–H groups in total. The van der Waals surface area contributed by atoms with Crippen LogP contribution in [0.5, 0.6) is 0 Å². The Balaban J connectivity index is 1.44. The summed E-state index contributed by atoms with van der Waals surface area (Å²) in [5.74, 6) is 0. The van der Waals surface area contributed by atoms with E-state index < -0.39 is 22.2 Å². The summed E-state index contributed by atoms with van der Waals surface area (Å²) in [6.07, 6.45) is 0.700. The van der Waals surface area contributed by atoms with Gasteiger partial charge < -0.3 is 14.8 Å². The minimum absolute atomic E-state index is 0.0372. The third kappa shape index (κ3) is 5.78. The standard InChI is InChI=1S/C23H28ClN3O5S/c24-19-6-9-21(10-7-19)33(29,30)27-20(8-5-18-3-1-2-4-22(18)27)17-32-23(28)25-11-12-26-13-15-31-16-14-26/h1-4,6-7,9-10,20H,5,8,11-17H2,(H,25,28). The van der Waals surface area contributed by atoms with Crippen LogP contribution < -0.4 is 9.62 Å². The Labute approximate surface area is 199 Å². The largest absolute Gasteiger partial charge is 0.447 e. The summed E-state index contributed by atoms with van der Waals surface area (Å²) in [5.41, 5.74) is 1.56. The van der Waals surface area contributed by atoms with E-state index in [-0.39, 0.29) is 11.5 Å². The monoisotopic (exact) mass is 493 g/mol. The number of anilines is 1. The molecule has 2 aliphatic heterocycles. The van der Waals surface area contributed by atoms with E-state index >= 15 is 0 Å². The number of fused-ring (bicyclic) bond motifs is 1. The topological polar surface area (TPSA) is 88.2 Å². The molecule has 0 aliphatic carbocycles. The fourth-order valence-corrected chi connectivity index (χ4v) is 5.96. The summed E-state index contributed by atoms with van der Waals surface area (Å²) in [6.45, 7) is 4.22. The third-order valence-electron chi connectivity index (χ3n) is 5.89. The number of halogens is 1. The first kappa shape index (κ1) is 23.8. The molecule has 2 aliphatic rings. The van der Waals surface area contributed by atoms with Crippen LogP contribution >= 0.6 is 11.6 Å². The molecule has 2 aromatic carbocycles. The van der Waals surface area contributed by atoms with Crippen molar-refractivity contribution in [3.05, 3.63) is 59.1 Å². The van der Waals surface area contributed by atoms with Gasteiger partial charge in [-0.1, -0.05) is 29.8 Å². The maximum atomic E-state index is 13.6. The molecular formula is C23H28ClN3O5S. The van der Waals surface area contributed by atoms with E-state index in [9.17, 15) is 13.2 Å². The molecular weight excluding hydrogens is 466 g/mol. The molecule has 4 rings (SSSR count). The highest BCUT2D eigenvalue weighted by atomic mass is 35.5. The van der Waals surface area contributed by atoms with Crippen molar-refractivity contribution in [2.45, 2.75) is 23.8 Å². The second kappa shape index (κ2) is 10.7. The van der Waals surface area contributed by atoms with E-state index in [0.29, 0.717) is 49.9 Å². The van der Waals surface area contributed by atoms with Crippen molar-refractivity contribution in [2.75, 3.05) is 50.3 Å². The molecule has 1 unspecified atom stereocenters. The van der Waals surface area contributed by atoms with Crippen LogP contribution in [0, 0.1) is 0 Å². The van der Waals surface area contributed by atoms with Gasteiger partial charge in [0.15, 0.2) is 0 Å². The van der Waals surface area contributed by atoms with Crippen molar-refractivity contribution < 1.29 is 22.7 Å². The summed E-state index contributed by atoms with van der Waals surface area (Å²) in [7, 11) is -3.88. The number of nitrogens with one attached hydrogen (secondary N) is 1. The van der Waals surface area contributed by atoms with Gasteiger partial charge in [-0.25, -0.2) is 13.2 Å². The summed E-state index contributed by atoms with van der Waals surface area (Å²) in [6, 6.07) is 13.0. The van der Waals surface area contributed by atoms with Crippen LogP contribution in [0.4, 0.5) is 10.5 Å². The van der Waals surface area contributed by atoms with Crippen molar-refractivity contribution in [1.82, 2.24) is 10.2 Å². The number of benzene rings is 2. The van der Waals surface area contributed by atoms with Crippen molar-refractivity contribution >= 4 is 33.4 Å². The van der Waals surface area contributed by atoms with Crippen molar-refractivity contribution in [3.8, 4) is 0 Å². The van der Waals surface area contributed by atoms with Crippen LogP contribution in [-0.2, 0) is 25.9 Å². The number of sulfonamides is 1. The number of carbonyl (C=O) groups is 1. The molecule has 0 spiro atoms. The Bertz CT molecular complexity index is 1060. The molecule has 0 saturated carbocycles. The molecule has 1 saturated heterocycles. The SMILES string of the molecule is O=C(NCCN1CCOCC1)OCC1CCc2ccccc2N1S(=O)(=O)c1ccc(Cl)cc1. The Morgan fingerprint density at radius 1 is 1.12 bits per heavy atom. The number of alkyl carbamates (subject to hydrolysis) is 1. The Morgan fingerprint density at radius 2 is 1.85 bits per heavy atom. The van der Waals surface area contributed by atoms with E-state index in [0.717, 1.165) is 18.7 Å². The number of morpholine rings is 1. The van der Waals surface area contributed by atoms with Crippen molar-refractivity contribution in [1.29, 1.82) is 0 Å². The molecule has 33 heavy (non-hydrogen) atoms. The molecule has 8 nitrogen and oxygen atoms in total. The van der Waals surface area contributed by atoms with E-state index in [1.54, 1.807) is 18.2 Å². The smallest absolute Gasteiger partial charge is 0.407 e. The first-order valence-corrected chi connectivity index (χ1v) is 12.9. The number of para-hydroxylation sites is 1. The summed E-state index contributed by atoms with van der Waals surface area (Å²) in [5, 5.41) is 3.21. The molecule has 178 valence electrons. The van der Waals surface area contributed by atoms with Gasteiger partial charge in [-0.15, -0.1) is 0 Å². The van der Waals surface area contributed by atoms with Gasteiger partial charge in [0, 0.05) is 31.2 Å². The van der Waals surface area contributed by atoms with E-state index in [1.807, 2.05) is 18.2 Å². The summed E-state index contributed by atoms with van der Waals surface area (Å²) >= 11 is 5.95. The average Bonchev–Trinajstić information content (AvgIpc) is 2.83. The number of carbonyl (C=O) groups excluding carboxylic acids is 1. The fraction of sp³-hybridized carbons (Fsp3) is 0.435. The van der Waals surface area contributed by atoms with Gasteiger partial charge in [-0.2, -0.15) is 0 Å². The van der Waals surface area contributed by atoms with E-state index in [4.69, 9.17) is 21.1 Å². The number of rotatable bonds is 7. The number of ether oxygens (including phenoxy) is 2. The number of amides is 1. The van der Waals surface area contributed by atoms with Crippen LogP contribution in [0.1, 0.15) is 12.0 Å². The number of nitrogens with zero attached hydrogens (tertiary/aromatic N) is 2. The van der Waals surface area contributed by atoms with Crippen LogP contribution in [-0.4, -0.2) is 71.5 Å². The van der Waals surface area contributed by atoms with Gasteiger partial charge in [0.25, 0.3) is 10.0 Å². The predicted octanol–water partition coefficient (Wildman–Crippen LogP) is 2.91. The molecule has 0 bridgehead atoms. The average molecular weight is 494 g/mol. The van der Waals surface area contributed by atoms with Gasteiger partial charge in [-0.05, 0) is 48.7 Å². The first-order chi connectivity index (χ1) is 15.9. The number of hydrogen-bond acceptors (Lipinski definition) is 6. The quantitative estimate of drug-likeness (QED) is 0.638. The lowest BCUT2D eigenvalue weighted by Crippen LogP contribution is -2.47. The third-order valence-corrected chi connectivity index (χ3v) is 8.02. The molecule has 2 heterocycles. The van der Waals surface area contributed by atoms with Crippen molar-refractivity contribution in [2.24, 2.45) is 0 Å². The molecule has 1 atom stereocenters. The van der Waals surface area contributed by atoms with Crippen LogP contribution in [0.15, 0.2) is 53.4 Å². The lowest BCUT2D eigenvalue weighted by atomic mass is 9.98. The fourth-order valence-electron chi connectivity index (χ4n) is 4.13. The minimum atomic E-state index is -3.88. The zero-order valence-corrected chi connectivity index (χ0v) is 19.9. The summed E-state index contributed by atoms with van der Waals surface area (Å²) in [4.78, 5) is 14.6. The highest BCUT2D eigenvalue weighted by Gasteiger charge is 2.36. The van der Waals surface area contributed by atoms with E-state index in [1.165, 1.54) is 16.4 Å². The normalized spacial score (nSPS) is 19.1. The maximum absolute atomic E-state index is 13.6. The highest BCUT2D eigenvalue weighted by molar-refractivity contribution is 7.92. The second-order valence-electron chi connectivity index (χ2n) is 8.06. The predicted molar refractivity (Wildman–Crippen MR) is 126 cm³/mol. The summed E-state index contributed by atoms with van der Waals surface area (Å²) < 4.78 is 39.3. The lowest BCUT2D eigenvalue weighted by Gasteiger charge is -2.37. The number of aryl methyl sites for hydroxylation is 1. The molecule has 2 aromatic rings. The van der Waals surface area contributed by atoms with Gasteiger partial charge in [0.2, 0.25) is 0 Å². The van der Waals surface area contributed by atoms with Crippen LogP contribution in [0.25, 0.3) is 0 Å². The van der Waals surface area contributed by atoms with Crippen molar-refractivity contribution in [3.63, 3.8) is 0 Å². The van der Waals surface area contributed by atoms with Gasteiger partial charge >= 0.3 is 6.09 Å². The Hall–Kier alpha value is -2.33. The minimum Gasteiger partial charge on any atom is -0.447 e. The molecule has 0 radical (unpaired) electrons. The zero-order valence-electron chi connectivity index (χ0n) is 18.3. The highest BCUT2D eigenvalue weighted by Crippen LogP contribution is 2.35. The van der Waals surface area contributed by atoms with Gasteiger partial charge in [-0.3, -0.25) is 9.21 Å². The molecule has 1 amide bonds. The Kier molecular flexibility index (Phi) is 7.75.